The second-order valence-corrected chi connectivity index (χ2v) is 4.84. The van der Waals surface area contributed by atoms with Crippen molar-refractivity contribution in [1.29, 1.82) is 0 Å². The molecule has 0 spiro atoms. The molecule has 0 saturated heterocycles. The molecule has 0 aliphatic rings. The lowest BCUT2D eigenvalue weighted by atomic mass is 10.3. The quantitative estimate of drug-likeness (QED) is 0.645. The van der Waals surface area contributed by atoms with Gasteiger partial charge in [0.15, 0.2) is 0 Å². The minimum absolute atomic E-state index is 0.0368. The summed E-state index contributed by atoms with van der Waals surface area (Å²) >= 11 is 1.11. The minimum atomic E-state index is -2.60. The molecule has 112 valence electrons. The van der Waals surface area contributed by atoms with Crippen LogP contribution < -0.4 is 11.1 Å². The Labute approximate surface area is 118 Å². The Kier molecular flexibility index (Phi) is 6.49. The van der Waals surface area contributed by atoms with Gasteiger partial charge in [0, 0.05) is 6.54 Å². The van der Waals surface area contributed by atoms with Crippen LogP contribution in [-0.4, -0.2) is 54.5 Å². The zero-order valence-corrected chi connectivity index (χ0v) is 11.3. The largest absolute Gasteiger partial charge is 0.395 e. The lowest BCUT2D eigenvalue weighted by molar-refractivity contribution is -0.117. The number of hydrogen-bond donors (Lipinski definition) is 3. The van der Waals surface area contributed by atoms with Crippen LogP contribution in [0.1, 0.15) is 10.4 Å². The Morgan fingerprint density at radius 2 is 2.20 bits per heavy atom. The van der Waals surface area contributed by atoms with Crippen LogP contribution >= 0.6 is 11.3 Å². The second-order valence-electron chi connectivity index (χ2n) is 3.93. The predicted molar refractivity (Wildman–Crippen MR) is 71.0 cm³/mol. The van der Waals surface area contributed by atoms with Crippen LogP contribution in [0.5, 0.6) is 0 Å². The zero-order valence-electron chi connectivity index (χ0n) is 10.5. The van der Waals surface area contributed by atoms with Crippen LogP contribution in [0.4, 0.5) is 13.8 Å². The minimum Gasteiger partial charge on any atom is -0.395 e. The van der Waals surface area contributed by atoms with Gasteiger partial charge in [0.05, 0.1) is 25.3 Å². The number of primary amides is 1. The molecular weight excluding hydrogens is 292 g/mol. The van der Waals surface area contributed by atoms with Crippen molar-refractivity contribution >= 4 is 28.2 Å². The highest BCUT2D eigenvalue weighted by Crippen LogP contribution is 2.22. The number of aliphatic hydroxyl groups is 1. The van der Waals surface area contributed by atoms with E-state index in [4.69, 9.17) is 10.8 Å². The maximum Gasteiger partial charge on any atom is 0.251 e. The number of nitrogens with two attached hydrogens (primary N) is 1. The molecule has 0 bridgehead atoms. The predicted octanol–water partition coefficient (Wildman–Crippen LogP) is 0.345. The molecule has 1 aromatic heterocycles. The van der Waals surface area contributed by atoms with Gasteiger partial charge in [0.25, 0.3) is 12.3 Å². The summed E-state index contributed by atoms with van der Waals surface area (Å²) in [7, 11) is 0. The fraction of sp³-hybridized carbons (Fsp3) is 0.455. The number of amides is 2. The lowest BCUT2D eigenvalue weighted by Gasteiger charge is -2.19. The summed E-state index contributed by atoms with van der Waals surface area (Å²) in [5.74, 6) is -1.23. The third-order valence-corrected chi connectivity index (χ3v) is 3.19. The van der Waals surface area contributed by atoms with Crippen LogP contribution in [0.2, 0.25) is 0 Å². The van der Waals surface area contributed by atoms with E-state index in [1.54, 1.807) is 5.38 Å². The first-order chi connectivity index (χ1) is 9.43. The van der Waals surface area contributed by atoms with E-state index in [9.17, 15) is 18.4 Å². The van der Waals surface area contributed by atoms with Crippen molar-refractivity contribution in [3.63, 3.8) is 0 Å². The number of carbonyl (C=O) groups excluding carboxylic acids is 2. The Hall–Kier alpha value is -1.58. The molecule has 6 nitrogen and oxygen atoms in total. The monoisotopic (exact) mass is 307 g/mol. The summed E-state index contributed by atoms with van der Waals surface area (Å²) in [6.07, 6.45) is -2.60. The Morgan fingerprint density at radius 1 is 1.50 bits per heavy atom. The molecule has 1 rings (SSSR count). The first-order valence-electron chi connectivity index (χ1n) is 5.72. The van der Waals surface area contributed by atoms with Crippen LogP contribution in [0.25, 0.3) is 0 Å². The van der Waals surface area contributed by atoms with Crippen LogP contribution in [-0.2, 0) is 4.79 Å². The van der Waals surface area contributed by atoms with Crippen molar-refractivity contribution in [1.82, 2.24) is 4.90 Å². The summed E-state index contributed by atoms with van der Waals surface area (Å²) in [6, 6.07) is 1.47. The van der Waals surface area contributed by atoms with Gasteiger partial charge in [-0.3, -0.25) is 14.5 Å². The van der Waals surface area contributed by atoms with Crippen molar-refractivity contribution in [2.45, 2.75) is 6.43 Å². The number of hydrogen-bond acceptors (Lipinski definition) is 5. The molecular formula is C11H15F2N3O3S. The van der Waals surface area contributed by atoms with E-state index in [1.165, 1.54) is 6.07 Å². The zero-order chi connectivity index (χ0) is 15.1. The van der Waals surface area contributed by atoms with Crippen molar-refractivity contribution in [3.05, 3.63) is 17.0 Å². The summed E-state index contributed by atoms with van der Waals surface area (Å²) in [5, 5.41) is 13.1. The molecule has 0 fully saturated rings. The van der Waals surface area contributed by atoms with Gasteiger partial charge in [-0.05, 0) is 11.4 Å². The summed E-state index contributed by atoms with van der Waals surface area (Å²) in [5.41, 5.74) is 5.30. The molecule has 4 N–H and O–H groups in total. The second kappa shape index (κ2) is 7.88. The third-order valence-electron chi connectivity index (χ3n) is 2.36. The van der Waals surface area contributed by atoms with Crippen molar-refractivity contribution in [2.75, 3.05) is 31.6 Å². The smallest absolute Gasteiger partial charge is 0.251 e. The van der Waals surface area contributed by atoms with E-state index in [0.29, 0.717) is 0 Å². The number of nitrogens with one attached hydrogen (secondary N) is 1. The number of carbonyl (C=O) groups is 2. The van der Waals surface area contributed by atoms with E-state index in [-0.39, 0.29) is 30.3 Å². The van der Waals surface area contributed by atoms with Crippen LogP contribution in [0.3, 0.4) is 0 Å². The number of rotatable bonds is 8. The van der Waals surface area contributed by atoms with E-state index in [0.717, 1.165) is 16.2 Å². The van der Waals surface area contributed by atoms with E-state index >= 15 is 0 Å². The van der Waals surface area contributed by atoms with Crippen LogP contribution in [0, 0.1) is 0 Å². The van der Waals surface area contributed by atoms with Gasteiger partial charge in [-0.25, -0.2) is 8.78 Å². The SMILES string of the molecule is NC(=O)c1ccsc1NC(=O)CN(CCO)CC(F)F. The number of aliphatic hydroxyl groups excluding tert-OH is 1. The highest BCUT2D eigenvalue weighted by Gasteiger charge is 2.17. The number of thiophene rings is 1. The van der Waals surface area contributed by atoms with Gasteiger partial charge in [-0.1, -0.05) is 0 Å². The Bertz CT molecular complexity index is 468. The molecule has 2 amide bonds. The summed E-state index contributed by atoms with van der Waals surface area (Å²) in [4.78, 5) is 23.9. The Balaban J connectivity index is 2.61. The molecule has 0 aromatic carbocycles. The molecule has 1 aromatic rings. The molecule has 0 aliphatic carbocycles. The molecule has 0 radical (unpaired) electrons. The molecule has 9 heteroatoms. The van der Waals surface area contributed by atoms with Gasteiger partial charge in [0.2, 0.25) is 5.91 Å². The van der Waals surface area contributed by atoms with E-state index in [2.05, 4.69) is 5.32 Å². The number of nitrogens with zero attached hydrogens (tertiary/aromatic N) is 1. The topological polar surface area (TPSA) is 95.7 Å². The van der Waals surface area contributed by atoms with Crippen molar-refractivity contribution < 1.29 is 23.5 Å². The van der Waals surface area contributed by atoms with Crippen molar-refractivity contribution in [3.8, 4) is 0 Å². The molecule has 0 aliphatic heterocycles. The average Bonchev–Trinajstić information content (AvgIpc) is 2.76. The lowest BCUT2D eigenvalue weighted by Crippen LogP contribution is -2.38. The fourth-order valence-electron chi connectivity index (χ4n) is 1.54. The first-order valence-corrected chi connectivity index (χ1v) is 6.60. The van der Waals surface area contributed by atoms with Gasteiger partial charge in [-0.15, -0.1) is 11.3 Å². The standard InChI is InChI=1S/C11H15F2N3O3S/c12-8(13)5-16(2-3-17)6-9(18)15-11-7(10(14)19)1-4-20-11/h1,4,8,17H,2-3,5-6H2,(H2,14,19)(H,15,18). The van der Waals surface area contributed by atoms with Crippen LogP contribution in [0.15, 0.2) is 11.4 Å². The molecule has 1 heterocycles. The van der Waals surface area contributed by atoms with Gasteiger partial charge >= 0.3 is 0 Å². The summed E-state index contributed by atoms with van der Waals surface area (Å²) < 4.78 is 24.6. The fourth-order valence-corrected chi connectivity index (χ4v) is 2.35. The summed E-state index contributed by atoms with van der Waals surface area (Å²) in [6.45, 7) is -1.28. The normalized spacial score (nSPS) is 11.1. The van der Waals surface area contributed by atoms with Gasteiger partial charge < -0.3 is 16.2 Å². The molecule has 0 unspecified atom stereocenters. The molecule has 0 saturated carbocycles. The van der Waals surface area contributed by atoms with E-state index < -0.39 is 24.8 Å². The molecule has 0 atom stereocenters. The highest BCUT2D eigenvalue weighted by molar-refractivity contribution is 7.14. The van der Waals surface area contributed by atoms with Crippen molar-refractivity contribution in [2.24, 2.45) is 5.73 Å². The average molecular weight is 307 g/mol. The van der Waals surface area contributed by atoms with E-state index in [1.807, 2.05) is 0 Å². The Morgan fingerprint density at radius 3 is 2.75 bits per heavy atom. The number of halogens is 2. The molecule has 20 heavy (non-hydrogen) atoms. The maximum absolute atomic E-state index is 12.3. The third kappa shape index (κ3) is 5.19. The van der Waals surface area contributed by atoms with Gasteiger partial charge in [0.1, 0.15) is 5.00 Å². The number of alkyl halides is 2. The number of anilines is 1. The highest BCUT2D eigenvalue weighted by atomic mass is 32.1. The maximum atomic E-state index is 12.3. The van der Waals surface area contributed by atoms with Gasteiger partial charge in [-0.2, -0.15) is 0 Å². The first kappa shape index (κ1) is 16.5.